The standard InChI is InChI=1S/C14H14FN3O2/c1-9-4-5-11(7-12(9)15)20-8-10-3-2-6-17-13(10)14(16)18-19/h2-7,19H,8H2,1H3,(H2,16,18). The molecule has 1 heterocycles. The van der Waals surface area contributed by atoms with E-state index in [1.165, 1.54) is 12.3 Å². The number of ether oxygens (including phenoxy) is 1. The number of nitrogens with zero attached hydrogens (tertiary/aromatic N) is 2. The molecule has 0 radical (unpaired) electrons. The minimum Gasteiger partial charge on any atom is -0.489 e. The Hall–Kier alpha value is -2.63. The van der Waals surface area contributed by atoms with E-state index in [-0.39, 0.29) is 18.3 Å². The van der Waals surface area contributed by atoms with Gasteiger partial charge in [-0.25, -0.2) is 4.39 Å². The van der Waals surface area contributed by atoms with E-state index in [1.807, 2.05) is 0 Å². The molecule has 0 aliphatic rings. The van der Waals surface area contributed by atoms with E-state index in [1.54, 1.807) is 31.2 Å². The number of rotatable bonds is 4. The molecule has 0 aliphatic carbocycles. The molecule has 6 heteroatoms. The molecule has 2 aromatic rings. The number of hydrogen-bond acceptors (Lipinski definition) is 4. The smallest absolute Gasteiger partial charge is 0.189 e. The fraction of sp³-hybridized carbons (Fsp3) is 0.143. The summed E-state index contributed by atoms with van der Waals surface area (Å²) in [5, 5.41) is 11.6. The van der Waals surface area contributed by atoms with Gasteiger partial charge in [-0.15, -0.1) is 0 Å². The van der Waals surface area contributed by atoms with Gasteiger partial charge in [0.25, 0.3) is 0 Å². The zero-order valence-corrected chi connectivity index (χ0v) is 10.9. The third-order valence-electron chi connectivity index (χ3n) is 2.78. The molecule has 2 rings (SSSR count). The fourth-order valence-corrected chi connectivity index (χ4v) is 1.66. The molecule has 3 N–H and O–H groups in total. The largest absolute Gasteiger partial charge is 0.489 e. The molecule has 0 unspecified atom stereocenters. The molecule has 0 saturated heterocycles. The summed E-state index contributed by atoms with van der Waals surface area (Å²) in [5.74, 6) is -0.0213. The van der Waals surface area contributed by atoms with Gasteiger partial charge < -0.3 is 15.7 Å². The van der Waals surface area contributed by atoms with Crippen LogP contribution in [0.15, 0.2) is 41.7 Å². The lowest BCUT2D eigenvalue weighted by Crippen LogP contribution is -2.18. The molecule has 0 spiro atoms. The summed E-state index contributed by atoms with van der Waals surface area (Å²) in [7, 11) is 0. The van der Waals surface area contributed by atoms with Crippen LogP contribution in [0.5, 0.6) is 5.75 Å². The number of nitrogens with two attached hydrogens (primary N) is 1. The van der Waals surface area contributed by atoms with Crippen LogP contribution in [0, 0.1) is 12.7 Å². The number of oxime groups is 1. The Morgan fingerprint density at radius 3 is 2.95 bits per heavy atom. The zero-order valence-electron chi connectivity index (χ0n) is 10.9. The average Bonchev–Trinajstić information content (AvgIpc) is 2.48. The number of benzene rings is 1. The quantitative estimate of drug-likeness (QED) is 0.388. The van der Waals surface area contributed by atoms with Gasteiger partial charge in [-0.3, -0.25) is 4.98 Å². The maximum absolute atomic E-state index is 13.4. The summed E-state index contributed by atoms with van der Waals surface area (Å²) in [4.78, 5) is 4.02. The number of aromatic nitrogens is 1. The number of hydrogen-bond donors (Lipinski definition) is 2. The van der Waals surface area contributed by atoms with E-state index in [0.717, 1.165) is 0 Å². The van der Waals surface area contributed by atoms with Crippen molar-refractivity contribution in [1.82, 2.24) is 4.98 Å². The predicted molar refractivity (Wildman–Crippen MR) is 72.2 cm³/mol. The first kappa shape index (κ1) is 13.8. The second-order valence-electron chi connectivity index (χ2n) is 4.20. The van der Waals surface area contributed by atoms with Gasteiger partial charge in [0, 0.05) is 17.8 Å². The molecule has 1 aromatic carbocycles. The van der Waals surface area contributed by atoms with Gasteiger partial charge in [0.05, 0.1) is 0 Å². The first-order chi connectivity index (χ1) is 9.61. The Balaban J connectivity index is 2.17. The molecule has 0 bridgehead atoms. The van der Waals surface area contributed by atoms with Crippen molar-refractivity contribution in [3.63, 3.8) is 0 Å². The Morgan fingerprint density at radius 1 is 1.45 bits per heavy atom. The number of pyridine rings is 1. The normalized spacial score (nSPS) is 11.4. The van der Waals surface area contributed by atoms with E-state index < -0.39 is 0 Å². The van der Waals surface area contributed by atoms with E-state index >= 15 is 0 Å². The van der Waals surface area contributed by atoms with Crippen LogP contribution in [0.4, 0.5) is 4.39 Å². The molecule has 0 atom stereocenters. The van der Waals surface area contributed by atoms with Gasteiger partial charge in [-0.1, -0.05) is 17.3 Å². The molecule has 0 amide bonds. The van der Waals surface area contributed by atoms with Crippen molar-refractivity contribution in [2.75, 3.05) is 0 Å². The Bertz CT molecular complexity index is 644. The van der Waals surface area contributed by atoms with Crippen molar-refractivity contribution >= 4 is 5.84 Å². The van der Waals surface area contributed by atoms with E-state index in [2.05, 4.69) is 10.1 Å². The molecule has 5 nitrogen and oxygen atoms in total. The highest BCUT2D eigenvalue weighted by molar-refractivity contribution is 5.96. The monoisotopic (exact) mass is 275 g/mol. The Kier molecular flexibility index (Phi) is 4.14. The topological polar surface area (TPSA) is 80.7 Å². The average molecular weight is 275 g/mol. The summed E-state index contributed by atoms with van der Waals surface area (Å²) in [6.07, 6.45) is 1.53. The summed E-state index contributed by atoms with van der Waals surface area (Å²) in [6.45, 7) is 1.82. The third kappa shape index (κ3) is 3.03. The highest BCUT2D eigenvalue weighted by Gasteiger charge is 2.09. The molecule has 20 heavy (non-hydrogen) atoms. The summed E-state index contributed by atoms with van der Waals surface area (Å²) in [6, 6.07) is 8.08. The van der Waals surface area contributed by atoms with Crippen molar-refractivity contribution in [3.8, 4) is 5.75 Å². The lowest BCUT2D eigenvalue weighted by Gasteiger charge is -2.10. The van der Waals surface area contributed by atoms with Crippen molar-refractivity contribution in [1.29, 1.82) is 0 Å². The van der Waals surface area contributed by atoms with E-state index in [9.17, 15) is 4.39 Å². The lowest BCUT2D eigenvalue weighted by atomic mass is 10.2. The number of aryl methyl sites for hydroxylation is 1. The van der Waals surface area contributed by atoms with Gasteiger partial charge >= 0.3 is 0 Å². The molecule has 104 valence electrons. The van der Waals surface area contributed by atoms with Gasteiger partial charge in [-0.2, -0.15) is 0 Å². The molecule has 1 aromatic heterocycles. The minimum absolute atomic E-state index is 0.0979. The van der Waals surface area contributed by atoms with Crippen molar-refractivity contribution in [3.05, 3.63) is 59.2 Å². The van der Waals surface area contributed by atoms with Gasteiger partial charge in [0.15, 0.2) is 5.84 Å². The van der Waals surface area contributed by atoms with Gasteiger partial charge in [0.2, 0.25) is 0 Å². The lowest BCUT2D eigenvalue weighted by molar-refractivity contribution is 0.303. The molecular formula is C14H14FN3O2. The summed E-state index contributed by atoms with van der Waals surface area (Å²) < 4.78 is 18.9. The third-order valence-corrected chi connectivity index (χ3v) is 2.78. The maximum atomic E-state index is 13.4. The van der Waals surface area contributed by atoms with Crippen molar-refractivity contribution in [2.24, 2.45) is 10.9 Å². The molecule has 0 fully saturated rings. The first-order valence-corrected chi connectivity index (χ1v) is 5.92. The fourth-order valence-electron chi connectivity index (χ4n) is 1.66. The van der Waals surface area contributed by atoms with Crippen LogP contribution in [0.2, 0.25) is 0 Å². The van der Waals surface area contributed by atoms with Crippen LogP contribution in [0.1, 0.15) is 16.8 Å². The van der Waals surface area contributed by atoms with Crippen molar-refractivity contribution in [2.45, 2.75) is 13.5 Å². The van der Waals surface area contributed by atoms with Crippen LogP contribution in [0.3, 0.4) is 0 Å². The Labute approximate surface area is 115 Å². The predicted octanol–water partition coefficient (Wildman–Crippen LogP) is 2.20. The van der Waals surface area contributed by atoms with Crippen LogP contribution in [0.25, 0.3) is 0 Å². The van der Waals surface area contributed by atoms with E-state index in [4.69, 9.17) is 15.7 Å². The van der Waals surface area contributed by atoms with Crippen LogP contribution in [-0.2, 0) is 6.61 Å². The molecule has 0 saturated carbocycles. The highest BCUT2D eigenvalue weighted by atomic mass is 19.1. The summed E-state index contributed by atoms with van der Waals surface area (Å²) in [5.41, 5.74) is 7.06. The highest BCUT2D eigenvalue weighted by Crippen LogP contribution is 2.18. The number of amidine groups is 1. The minimum atomic E-state index is -0.328. The van der Waals surface area contributed by atoms with Crippen LogP contribution < -0.4 is 10.5 Å². The Morgan fingerprint density at radius 2 is 2.25 bits per heavy atom. The summed E-state index contributed by atoms with van der Waals surface area (Å²) >= 11 is 0. The van der Waals surface area contributed by atoms with E-state index in [0.29, 0.717) is 22.6 Å². The second kappa shape index (κ2) is 6.01. The second-order valence-corrected chi connectivity index (χ2v) is 4.20. The first-order valence-electron chi connectivity index (χ1n) is 5.92. The van der Waals surface area contributed by atoms with Crippen molar-refractivity contribution < 1.29 is 14.3 Å². The van der Waals surface area contributed by atoms with Gasteiger partial charge in [-0.05, 0) is 24.6 Å². The van der Waals surface area contributed by atoms with Gasteiger partial charge in [0.1, 0.15) is 23.9 Å². The van der Waals surface area contributed by atoms with Crippen LogP contribution >= 0.6 is 0 Å². The number of halogens is 1. The SMILES string of the molecule is Cc1ccc(OCc2cccnc2/C(N)=N/O)cc1F. The zero-order chi connectivity index (χ0) is 14.5. The maximum Gasteiger partial charge on any atom is 0.189 e. The molecule has 0 aliphatic heterocycles. The molecular weight excluding hydrogens is 261 g/mol. The van der Waals surface area contributed by atoms with Crippen LogP contribution in [-0.4, -0.2) is 16.0 Å².